The summed E-state index contributed by atoms with van der Waals surface area (Å²) in [5, 5.41) is 3.15. The SMILES string of the molecule is Cc1cccc(CC(=O)NC2CCN(CCN)CC2)c1. The van der Waals surface area contributed by atoms with Crippen LogP contribution in [0.25, 0.3) is 0 Å². The van der Waals surface area contributed by atoms with E-state index in [2.05, 4.69) is 29.3 Å². The zero-order valence-corrected chi connectivity index (χ0v) is 12.3. The van der Waals surface area contributed by atoms with E-state index in [-0.39, 0.29) is 5.91 Å². The molecule has 1 aromatic rings. The van der Waals surface area contributed by atoms with Crippen molar-refractivity contribution in [1.82, 2.24) is 10.2 Å². The van der Waals surface area contributed by atoms with E-state index in [1.165, 1.54) is 5.56 Å². The molecule has 1 amide bonds. The Morgan fingerprint density at radius 3 is 2.80 bits per heavy atom. The standard InChI is InChI=1S/C16H25N3O/c1-13-3-2-4-14(11-13)12-16(20)18-15-5-8-19(9-6-15)10-7-17/h2-4,11,15H,5-10,12,17H2,1H3,(H,18,20). The molecule has 0 unspecified atom stereocenters. The molecule has 0 atom stereocenters. The lowest BCUT2D eigenvalue weighted by molar-refractivity contribution is -0.121. The van der Waals surface area contributed by atoms with Crippen LogP contribution in [0.3, 0.4) is 0 Å². The predicted octanol–water partition coefficient (Wildman–Crippen LogP) is 1.08. The Morgan fingerprint density at radius 1 is 1.40 bits per heavy atom. The molecule has 0 bridgehead atoms. The third-order valence-corrected chi connectivity index (χ3v) is 3.85. The summed E-state index contributed by atoms with van der Waals surface area (Å²) in [5.74, 6) is 0.132. The second kappa shape index (κ2) is 7.41. The molecule has 1 aromatic carbocycles. The molecule has 1 heterocycles. The van der Waals surface area contributed by atoms with E-state index in [0.29, 0.717) is 19.0 Å². The van der Waals surface area contributed by atoms with Crippen molar-refractivity contribution in [3.63, 3.8) is 0 Å². The number of nitrogens with zero attached hydrogens (tertiary/aromatic N) is 1. The zero-order chi connectivity index (χ0) is 14.4. The number of hydrogen-bond acceptors (Lipinski definition) is 3. The van der Waals surface area contributed by atoms with Crippen molar-refractivity contribution in [2.75, 3.05) is 26.2 Å². The second-order valence-electron chi connectivity index (χ2n) is 5.64. The van der Waals surface area contributed by atoms with Crippen LogP contribution >= 0.6 is 0 Å². The fraction of sp³-hybridized carbons (Fsp3) is 0.562. The summed E-state index contributed by atoms with van der Waals surface area (Å²) in [7, 11) is 0. The molecule has 0 spiro atoms. The number of hydrogen-bond donors (Lipinski definition) is 2. The minimum atomic E-state index is 0.132. The largest absolute Gasteiger partial charge is 0.353 e. The average molecular weight is 275 g/mol. The second-order valence-corrected chi connectivity index (χ2v) is 5.64. The van der Waals surface area contributed by atoms with Gasteiger partial charge >= 0.3 is 0 Å². The first-order valence-corrected chi connectivity index (χ1v) is 7.44. The van der Waals surface area contributed by atoms with Crippen LogP contribution in [0, 0.1) is 6.92 Å². The van der Waals surface area contributed by atoms with Crippen LogP contribution in [0.15, 0.2) is 24.3 Å². The lowest BCUT2D eigenvalue weighted by Gasteiger charge is -2.32. The number of aryl methyl sites for hydroxylation is 1. The smallest absolute Gasteiger partial charge is 0.224 e. The Morgan fingerprint density at radius 2 is 2.15 bits per heavy atom. The lowest BCUT2D eigenvalue weighted by Crippen LogP contribution is -2.46. The van der Waals surface area contributed by atoms with Crippen LogP contribution in [-0.2, 0) is 11.2 Å². The maximum absolute atomic E-state index is 12.1. The number of nitrogens with two attached hydrogens (primary N) is 1. The van der Waals surface area contributed by atoms with E-state index in [1.807, 2.05) is 12.1 Å². The molecule has 1 aliphatic heterocycles. The summed E-state index contributed by atoms with van der Waals surface area (Å²) in [6.07, 6.45) is 2.53. The van der Waals surface area contributed by atoms with Crippen molar-refractivity contribution in [3.05, 3.63) is 35.4 Å². The average Bonchev–Trinajstić information content (AvgIpc) is 2.41. The molecule has 1 saturated heterocycles. The number of carbonyl (C=O) groups is 1. The number of benzene rings is 1. The predicted molar refractivity (Wildman–Crippen MR) is 81.5 cm³/mol. The molecule has 0 radical (unpaired) electrons. The number of carbonyl (C=O) groups excluding carboxylic acids is 1. The molecule has 1 fully saturated rings. The number of likely N-dealkylation sites (tertiary alicyclic amines) is 1. The Kier molecular flexibility index (Phi) is 5.56. The normalized spacial score (nSPS) is 17.1. The summed E-state index contributed by atoms with van der Waals surface area (Å²) >= 11 is 0. The Labute approximate surface area is 121 Å². The first-order chi connectivity index (χ1) is 9.67. The highest BCUT2D eigenvalue weighted by Gasteiger charge is 2.19. The maximum atomic E-state index is 12.1. The molecule has 20 heavy (non-hydrogen) atoms. The Hall–Kier alpha value is -1.39. The van der Waals surface area contributed by atoms with Crippen molar-refractivity contribution in [2.45, 2.75) is 32.2 Å². The third-order valence-electron chi connectivity index (χ3n) is 3.85. The molecular formula is C16H25N3O. The van der Waals surface area contributed by atoms with E-state index >= 15 is 0 Å². The highest BCUT2D eigenvalue weighted by Crippen LogP contribution is 2.10. The van der Waals surface area contributed by atoms with Crippen LogP contribution in [0.4, 0.5) is 0 Å². The van der Waals surface area contributed by atoms with Gasteiger partial charge in [0.15, 0.2) is 0 Å². The quantitative estimate of drug-likeness (QED) is 0.845. The summed E-state index contributed by atoms with van der Waals surface area (Å²) in [4.78, 5) is 14.4. The molecule has 1 aliphatic rings. The van der Waals surface area contributed by atoms with Crippen LogP contribution in [-0.4, -0.2) is 43.0 Å². The molecule has 2 rings (SSSR count). The van der Waals surface area contributed by atoms with E-state index in [4.69, 9.17) is 5.73 Å². The molecule has 4 heteroatoms. The van der Waals surface area contributed by atoms with Gasteiger partial charge in [0.05, 0.1) is 6.42 Å². The van der Waals surface area contributed by atoms with Gasteiger partial charge in [-0.05, 0) is 25.3 Å². The maximum Gasteiger partial charge on any atom is 0.224 e. The van der Waals surface area contributed by atoms with Gasteiger partial charge in [0.1, 0.15) is 0 Å². The lowest BCUT2D eigenvalue weighted by atomic mass is 10.0. The van der Waals surface area contributed by atoms with Gasteiger partial charge in [0.2, 0.25) is 5.91 Å². The number of piperidine rings is 1. The van der Waals surface area contributed by atoms with Gasteiger partial charge in [0, 0.05) is 32.2 Å². The van der Waals surface area contributed by atoms with Crippen molar-refractivity contribution in [2.24, 2.45) is 5.73 Å². The molecular weight excluding hydrogens is 250 g/mol. The monoisotopic (exact) mass is 275 g/mol. The van der Waals surface area contributed by atoms with Crippen molar-refractivity contribution >= 4 is 5.91 Å². The Balaban J connectivity index is 1.75. The van der Waals surface area contributed by atoms with Gasteiger partial charge in [-0.1, -0.05) is 29.8 Å². The van der Waals surface area contributed by atoms with Gasteiger partial charge < -0.3 is 16.0 Å². The third kappa shape index (κ3) is 4.62. The van der Waals surface area contributed by atoms with Gasteiger partial charge in [-0.3, -0.25) is 4.79 Å². The van der Waals surface area contributed by atoms with Crippen LogP contribution < -0.4 is 11.1 Å². The van der Waals surface area contributed by atoms with Gasteiger partial charge in [-0.25, -0.2) is 0 Å². The van der Waals surface area contributed by atoms with E-state index in [0.717, 1.165) is 38.0 Å². The molecule has 110 valence electrons. The minimum absolute atomic E-state index is 0.132. The summed E-state index contributed by atoms with van der Waals surface area (Å²) < 4.78 is 0. The highest BCUT2D eigenvalue weighted by atomic mass is 16.1. The summed E-state index contributed by atoms with van der Waals surface area (Å²) in [6, 6.07) is 8.46. The van der Waals surface area contributed by atoms with Crippen molar-refractivity contribution in [1.29, 1.82) is 0 Å². The van der Waals surface area contributed by atoms with E-state index < -0.39 is 0 Å². The number of nitrogens with one attached hydrogen (secondary N) is 1. The van der Waals surface area contributed by atoms with Gasteiger partial charge in [0.25, 0.3) is 0 Å². The van der Waals surface area contributed by atoms with Crippen LogP contribution in [0.2, 0.25) is 0 Å². The first kappa shape index (κ1) is 15.0. The molecule has 3 N–H and O–H groups in total. The summed E-state index contributed by atoms with van der Waals surface area (Å²) in [6.45, 7) is 5.79. The van der Waals surface area contributed by atoms with Crippen molar-refractivity contribution in [3.8, 4) is 0 Å². The zero-order valence-electron chi connectivity index (χ0n) is 12.3. The van der Waals surface area contributed by atoms with Gasteiger partial charge in [-0.2, -0.15) is 0 Å². The molecule has 0 aromatic heterocycles. The van der Waals surface area contributed by atoms with E-state index in [1.54, 1.807) is 0 Å². The molecule has 4 nitrogen and oxygen atoms in total. The topological polar surface area (TPSA) is 58.4 Å². The molecule has 0 saturated carbocycles. The Bertz CT molecular complexity index is 439. The first-order valence-electron chi connectivity index (χ1n) is 7.44. The van der Waals surface area contributed by atoms with E-state index in [9.17, 15) is 4.79 Å². The minimum Gasteiger partial charge on any atom is -0.353 e. The van der Waals surface area contributed by atoms with Crippen LogP contribution in [0.5, 0.6) is 0 Å². The highest BCUT2D eigenvalue weighted by molar-refractivity contribution is 5.78. The van der Waals surface area contributed by atoms with Crippen molar-refractivity contribution < 1.29 is 4.79 Å². The summed E-state index contributed by atoms with van der Waals surface area (Å²) in [5.41, 5.74) is 7.85. The van der Waals surface area contributed by atoms with Gasteiger partial charge in [-0.15, -0.1) is 0 Å². The number of amides is 1. The number of rotatable bonds is 5. The molecule has 0 aliphatic carbocycles. The fourth-order valence-electron chi connectivity index (χ4n) is 2.77. The van der Waals surface area contributed by atoms with Crippen LogP contribution in [0.1, 0.15) is 24.0 Å². The fourth-order valence-corrected chi connectivity index (χ4v) is 2.77.